The third-order valence-corrected chi connectivity index (χ3v) is 3.68. The van der Waals surface area contributed by atoms with Crippen molar-refractivity contribution in [1.29, 1.82) is 0 Å². The molecule has 3 aromatic rings. The maximum Gasteiger partial charge on any atom is 0.225 e. The fraction of sp³-hybridized carbons (Fsp3) is 0.0556. The van der Waals surface area contributed by atoms with Crippen LogP contribution in [0.3, 0.4) is 0 Å². The second kappa shape index (κ2) is 7.09. The molecular formula is C18H15BrN2O. The molecule has 0 spiro atoms. The summed E-state index contributed by atoms with van der Waals surface area (Å²) in [6.45, 7) is 0.684. The van der Waals surface area contributed by atoms with E-state index in [1.165, 1.54) is 5.56 Å². The van der Waals surface area contributed by atoms with Crippen LogP contribution in [0.15, 0.2) is 75.7 Å². The zero-order valence-electron chi connectivity index (χ0n) is 11.9. The van der Waals surface area contributed by atoms with Gasteiger partial charge in [-0.3, -0.25) is 0 Å². The zero-order chi connectivity index (χ0) is 15.2. The second-order valence-corrected chi connectivity index (χ2v) is 5.69. The van der Waals surface area contributed by atoms with Gasteiger partial charge in [-0.1, -0.05) is 75.7 Å². The minimum Gasteiger partial charge on any atom is -0.351 e. The molecule has 0 amide bonds. The first-order valence-corrected chi connectivity index (χ1v) is 7.79. The van der Waals surface area contributed by atoms with Gasteiger partial charge >= 0.3 is 0 Å². The van der Waals surface area contributed by atoms with Gasteiger partial charge in [-0.25, -0.2) is 0 Å². The lowest BCUT2D eigenvalue weighted by molar-refractivity contribution is 0.436. The fourth-order valence-corrected chi connectivity index (χ4v) is 2.30. The van der Waals surface area contributed by atoms with Crippen LogP contribution in [-0.2, 0) is 0 Å². The summed E-state index contributed by atoms with van der Waals surface area (Å²) in [6.07, 6.45) is 4.12. The number of aromatic nitrogens is 1. The van der Waals surface area contributed by atoms with E-state index in [1.807, 2.05) is 48.5 Å². The van der Waals surface area contributed by atoms with E-state index in [0.717, 1.165) is 15.7 Å². The number of hydrogen-bond donors (Lipinski definition) is 1. The summed E-state index contributed by atoms with van der Waals surface area (Å²) in [5, 5.41) is 7.27. The molecule has 2 aromatic carbocycles. The van der Waals surface area contributed by atoms with Crippen LogP contribution >= 0.6 is 15.9 Å². The molecule has 4 heteroatoms. The molecule has 110 valence electrons. The Balaban J connectivity index is 1.58. The number of rotatable bonds is 5. The average Bonchev–Trinajstić information content (AvgIpc) is 3.02. The fourth-order valence-electron chi connectivity index (χ4n) is 2.03. The highest BCUT2D eigenvalue weighted by Gasteiger charge is 2.05. The zero-order valence-corrected chi connectivity index (χ0v) is 13.5. The Labute approximate surface area is 137 Å². The molecule has 1 N–H and O–H groups in total. The first-order valence-electron chi connectivity index (χ1n) is 6.99. The molecule has 3 rings (SSSR count). The van der Waals surface area contributed by atoms with Crippen molar-refractivity contribution in [2.24, 2.45) is 0 Å². The minimum atomic E-state index is 0.663. The standard InChI is InChI=1S/C18H15BrN2O/c19-16-10-8-15(9-11-16)17-13-18(22-21-17)20-12-4-7-14-5-2-1-3-6-14/h1-11,13,20H,12H2/b7-4+. The van der Waals surface area contributed by atoms with Crippen LogP contribution < -0.4 is 5.32 Å². The Bertz CT molecular complexity index is 748. The van der Waals surface area contributed by atoms with Crippen LogP contribution in [-0.4, -0.2) is 11.7 Å². The summed E-state index contributed by atoms with van der Waals surface area (Å²) in [7, 11) is 0. The molecule has 1 aromatic heterocycles. The highest BCUT2D eigenvalue weighted by molar-refractivity contribution is 9.10. The Kier molecular flexibility index (Phi) is 4.71. The monoisotopic (exact) mass is 354 g/mol. The quantitative estimate of drug-likeness (QED) is 0.681. The largest absolute Gasteiger partial charge is 0.351 e. The van der Waals surface area contributed by atoms with Crippen LogP contribution in [0.5, 0.6) is 0 Å². The van der Waals surface area contributed by atoms with Crippen molar-refractivity contribution >= 4 is 27.9 Å². The topological polar surface area (TPSA) is 38.1 Å². The summed E-state index contributed by atoms with van der Waals surface area (Å²) >= 11 is 3.42. The highest BCUT2D eigenvalue weighted by Crippen LogP contribution is 2.23. The van der Waals surface area contributed by atoms with Crippen LogP contribution in [0.25, 0.3) is 17.3 Å². The molecule has 0 aliphatic heterocycles. The van der Waals surface area contributed by atoms with Gasteiger partial charge < -0.3 is 9.84 Å². The molecule has 0 aliphatic carbocycles. The average molecular weight is 355 g/mol. The lowest BCUT2D eigenvalue weighted by Gasteiger charge is -1.96. The highest BCUT2D eigenvalue weighted by atomic mass is 79.9. The molecule has 0 fully saturated rings. The minimum absolute atomic E-state index is 0.663. The maximum absolute atomic E-state index is 5.29. The Hall–Kier alpha value is -2.33. The molecule has 0 bridgehead atoms. The van der Waals surface area contributed by atoms with E-state index in [2.05, 4.69) is 50.7 Å². The van der Waals surface area contributed by atoms with E-state index < -0.39 is 0 Å². The molecule has 3 nitrogen and oxygen atoms in total. The van der Waals surface area contributed by atoms with Gasteiger partial charge in [0.05, 0.1) is 0 Å². The van der Waals surface area contributed by atoms with Crippen LogP contribution in [0.2, 0.25) is 0 Å². The third kappa shape index (κ3) is 3.86. The third-order valence-electron chi connectivity index (χ3n) is 3.15. The number of nitrogens with one attached hydrogen (secondary N) is 1. The predicted molar refractivity (Wildman–Crippen MR) is 93.6 cm³/mol. The van der Waals surface area contributed by atoms with E-state index in [9.17, 15) is 0 Å². The number of hydrogen-bond acceptors (Lipinski definition) is 3. The number of anilines is 1. The summed E-state index contributed by atoms with van der Waals surface area (Å²) in [5.74, 6) is 0.663. The lowest BCUT2D eigenvalue weighted by Crippen LogP contribution is -1.95. The van der Waals surface area contributed by atoms with Crippen molar-refractivity contribution in [2.45, 2.75) is 0 Å². The normalized spacial score (nSPS) is 11.0. The van der Waals surface area contributed by atoms with E-state index in [0.29, 0.717) is 12.4 Å². The number of halogens is 1. The first-order chi connectivity index (χ1) is 10.8. The Morgan fingerprint density at radius 3 is 2.59 bits per heavy atom. The molecule has 0 saturated heterocycles. The molecule has 22 heavy (non-hydrogen) atoms. The van der Waals surface area contributed by atoms with Crippen molar-refractivity contribution in [3.05, 3.63) is 76.8 Å². The van der Waals surface area contributed by atoms with Crippen molar-refractivity contribution in [1.82, 2.24) is 5.16 Å². The smallest absolute Gasteiger partial charge is 0.225 e. The lowest BCUT2D eigenvalue weighted by atomic mass is 10.1. The second-order valence-electron chi connectivity index (χ2n) is 4.78. The summed E-state index contributed by atoms with van der Waals surface area (Å²) < 4.78 is 6.34. The van der Waals surface area contributed by atoms with Crippen molar-refractivity contribution in [3.63, 3.8) is 0 Å². The van der Waals surface area contributed by atoms with Crippen molar-refractivity contribution < 1.29 is 4.52 Å². The van der Waals surface area contributed by atoms with Gasteiger partial charge in [0.2, 0.25) is 5.88 Å². The number of nitrogens with zero attached hydrogens (tertiary/aromatic N) is 1. The molecule has 0 radical (unpaired) electrons. The van der Waals surface area contributed by atoms with Crippen molar-refractivity contribution in [2.75, 3.05) is 11.9 Å². The van der Waals surface area contributed by atoms with E-state index >= 15 is 0 Å². The predicted octanol–water partition coefficient (Wildman–Crippen LogP) is 5.23. The molecule has 0 aliphatic rings. The molecule has 0 unspecified atom stereocenters. The van der Waals surface area contributed by atoms with E-state index in [1.54, 1.807) is 0 Å². The molecular weight excluding hydrogens is 340 g/mol. The van der Waals surface area contributed by atoms with Gasteiger partial charge in [-0.15, -0.1) is 0 Å². The SMILES string of the molecule is Brc1ccc(-c2cc(NC/C=C/c3ccccc3)on2)cc1. The maximum atomic E-state index is 5.29. The van der Waals surface area contributed by atoms with Gasteiger partial charge in [0, 0.05) is 22.6 Å². The van der Waals surface area contributed by atoms with E-state index in [-0.39, 0.29) is 0 Å². The van der Waals surface area contributed by atoms with Crippen LogP contribution in [0.1, 0.15) is 5.56 Å². The van der Waals surface area contributed by atoms with Gasteiger partial charge in [-0.05, 0) is 17.7 Å². The Morgan fingerprint density at radius 2 is 1.82 bits per heavy atom. The Morgan fingerprint density at radius 1 is 1.05 bits per heavy atom. The van der Waals surface area contributed by atoms with Crippen LogP contribution in [0, 0.1) is 0 Å². The van der Waals surface area contributed by atoms with Gasteiger partial charge in [0.1, 0.15) is 5.69 Å². The van der Waals surface area contributed by atoms with E-state index in [4.69, 9.17) is 4.52 Å². The molecule has 1 heterocycles. The van der Waals surface area contributed by atoms with Gasteiger partial charge in [0.15, 0.2) is 0 Å². The molecule has 0 atom stereocenters. The van der Waals surface area contributed by atoms with Crippen molar-refractivity contribution in [3.8, 4) is 11.3 Å². The first kappa shape index (κ1) is 14.6. The molecule has 0 saturated carbocycles. The van der Waals surface area contributed by atoms with Gasteiger partial charge in [-0.2, -0.15) is 0 Å². The van der Waals surface area contributed by atoms with Gasteiger partial charge in [0.25, 0.3) is 0 Å². The number of benzene rings is 2. The summed E-state index contributed by atoms with van der Waals surface area (Å²) in [6, 6.07) is 20.1. The summed E-state index contributed by atoms with van der Waals surface area (Å²) in [5.41, 5.74) is 3.03. The van der Waals surface area contributed by atoms with Crippen LogP contribution in [0.4, 0.5) is 5.88 Å². The summed E-state index contributed by atoms with van der Waals surface area (Å²) in [4.78, 5) is 0.